The Balaban J connectivity index is 3.01. The Morgan fingerprint density at radius 1 is 1.46 bits per heavy atom. The SMILES string of the molecule is Cc1ccc(CI)c(CC(=O)O)c1. The van der Waals surface area contributed by atoms with Crippen LogP contribution < -0.4 is 0 Å². The van der Waals surface area contributed by atoms with Crippen LogP contribution in [0, 0.1) is 6.92 Å². The molecule has 0 atom stereocenters. The molecule has 0 saturated carbocycles. The van der Waals surface area contributed by atoms with Gasteiger partial charge in [-0.2, -0.15) is 0 Å². The topological polar surface area (TPSA) is 37.3 Å². The van der Waals surface area contributed by atoms with E-state index >= 15 is 0 Å². The van der Waals surface area contributed by atoms with Crippen molar-refractivity contribution >= 4 is 28.6 Å². The Bertz CT molecular complexity index is 321. The van der Waals surface area contributed by atoms with E-state index in [0.717, 1.165) is 21.1 Å². The molecule has 3 heteroatoms. The van der Waals surface area contributed by atoms with Crippen LogP contribution in [0.2, 0.25) is 0 Å². The average molecular weight is 290 g/mol. The zero-order chi connectivity index (χ0) is 9.84. The Morgan fingerprint density at radius 3 is 2.69 bits per heavy atom. The second-order valence-electron chi connectivity index (χ2n) is 2.98. The maximum Gasteiger partial charge on any atom is 0.307 e. The molecular formula is C10H11IO2. The molecule has 0 unspecified atom stereocenters. The molecule has 0 heterocycles. The van der Waals surface area contributed by atoms with Gasteiger partial charge in [0, 0.05) is 4.43 Å². The van der Waals surface area contributed by atoms with Gasteiger partial charge in [-0.3, -0.25) is 4.79 Å². The first-order valence-corrected chi connectivity index (χ1v) is 5.52. The molecule has 0 bridgehead atoms. The Kier molecular flexibility index (Phi) is 3.71. The van der Waals surface area contributed by atoms with Crippen molar-refractivity contribution in [3.8, 4) is 0 Å². The fourth-order valence-corrected chi connectivity index (χ4v) is 1.96. The Labute approximate surface area is 91.1 Å². The molecule has 0 aliphatic carbocycles. The largest absolute Gasteiger partial charge is 0.481 e. The lowest BCUT2D eigenvalue weighted by molar-refractivity contribution is -0.136. The van der Waals surface area contributed by atoms with Crippen LogP contribution in [-0.4, -0.2) is 11.1 Å². The van der Waals surface area contributed by atoms with Crippen LogP contribution in [0.25, 0.3) is 0 Å². The van der Waals surface area contributed by atoms with Crippen molar-refractivity contribution in [3.63, 3.8) is 0 Å². The van der Waals surface area contributed by atoms with Crippen LogP contribution in [-0.2, 0) is 15.6 Å². The number of carbonyl (C=O) groups is 1. The molecule has 0 spiro atoms. The minimum absolute atomic E-state index is 0.125. The van der Waals surface area contributed by atoms with Gasteiger partial charge in [0.2, 0.25) is 0 Å². The molecule has 0 aromatic heterocycles. The molecule has 2 nitrogen and oxygen atoms in total. The predicted molar refractivity (Wildman–Crippen MR) is 60.2 cm³/mol. The molecule has 0 amide bonds. The molecule has 13 heavy (non-hydrogen) atoms. The summed E-state index contributed by atoms with van der Waals surface area (Å²) in [5.74, 6) is -0.767. The van der Waals surface area contributed by atoms with Gasteiger partial charge in [-0.25, -0.2) is 0 Å². The lowest BCUT2D eigenvalue weighted by atomic mass is 10.0. The van der Waals surface area contributed by atoms with Crippen molar-refractivity contribution in [1.29, 1.82) is 0 Å². The number of carboxylic acids is 1. The van der Waals surface area contributed by atoms with Crippen molar-refractivity contribution in [2.45, 2.75) is 17.8 Å². The monoisotopic (exact) mass is 290 g/mol. The van der Waals surface area contributed by atoms with Crippen LogP contribution in [0.3, 0.4) is 0 Å². The highest BCUT2D eigenvalue weighted by molar-refractivity contribution is 14.1. The summed E-state index contributed by atoms with van der Waals surface area (Å²) in [6, 6.07) is 5.96. The van der Waals surface area contributed by atoms with E-state index in [1.165, 1.54) is 0 Å². The third-order valence-electron chi connectivity index (χ3n) is 1.85. The Morgan fingerprint density at radius 2 is 2.15 bits per heavy atom. The standard InChI is InChI=1S/C10H11IO2/c1-7-2-3-8(6-11)9(4-7)5-10(12)13/h2-4H,5-6H2,1H3,(H,12,13). The number of carboxylic acid groups (broad SMARTS) is 1. The van der Waals surface area contributed by atoms with Crippen molar-refractivity contribution in [2.24, 2.45) is 0 Å². The quantitative estimate of drug-likeness (QED) is 0.686. The number of benzene rings is 1. The van der Waals surface area contributed by atoms with Crippen molar-refractivity contribution in [2.75, 3.05) is 0 Å². The van der Waals surface area contributed by atoms with Crippen LogP contribution >= 0.6 is 22.6 Å². The number of alkyl halides is 1. The second kappa shape index (κ2) is 4.60. The second-order valence-corrected chi connectivity index (χ2v) is 3.74. The van der Waals surface area contributed by atoms with Gasteiger partial charge in [-0.05, 0) is 18.1 Å². The fraction of sp³-hybridized carbons (Fsp3) is 0.300. The summed E-state index contributed by atoms with van der Waals surface area (Å²) in [7, 11) is 0. The first-order valence-electron chi connectivity index (χ1n) is 3.99. The van der Waals surface area contributed by atoms with Crippen molar-refractivity contribution < 1.29 is 9.90 Å². The zero-order valence-electron chi connectivity index (χ0n) is 7.38. The summed E-state index contributed by atoms with van der Waals surface area (Å²) in [6.07, 6.45) is 0.125. The van der Waals surface area contributed by atoms with Crippen LogP contribution in [0.4, 0.5) is 0 Å². The number of aliphatic carboxylic acids is 1. The zero-order valence-corrected chi connectivity index (χ0v) is 9.54. The summed E-state index contributed by atoms with van der Waals surface area (Å²) in [6.45, 7) is 1.97. The predicted octanol–water partition coefficient (Wildman–Crippen LogP) is 2.56. The minimum atomic E-state index is -0.767. The van der Waals surface area contributed by atoms with Crippen molar-refractivity contribution in [3.05, 3.63) is 34.9 Å². The number of halogens is 1. The molecule has 0 aliphatic rings. The van der Waals surface area contributed by atoms with Crippen LogP contribution in [0.15, 0.2) is 18.2 Å². The highest BCUT2D eigenvalue weighted by Crippen LogP contribution is 2.15. The normalized spacial score (nSPS) is 10.0. The first kappa shape index (κ1) is 10.5. The lowest BCUT2D eigenvalue weighted by Gasteiger charge is -2.05. The van der Waals surface area contributed by atoms with E-state index in [-0.39, 0.29) is 6.42 Å². The van der Waals surface area contributed by atoms with E-state index in [1.54, 1.807) is 0 Å². The number of hydrogen-bond donors (Lipinski definition) is 1. The van der Waals surface area contributed by atoms with E-state index in [1.807, 2.05) is 25.1 Å². The van der Waals surface area contributed by atoms with Crippen LogP contribution in [0.5, 0.6) is 0 Å². The molecule has 0 radical (unpaired) electrons. The fourth-order valence-electron chi connectivity index (χ4n) is 1.21. The lowest BCUT2D eigenvalue weighted by Crippen LogP contribution is -2.03. The smallest absolute Gasteiger partial charge is 0.307 e. The molecule has 1 N–H and O–H groups in total. The van der Waals surface area contributed by atoms with Gasteiger partial charge >= 0.3 is 5.97 Å². The third-order valence-corrected chi connectivity index (χ3v) is 2.67. The molecule has 0 aliphatic heterocycles. The third kappa shape index (κ3) is 2.99. The maximum atomic E-state index is 10.5. The van der Waals surface area contributed by atoms with Gasteiger partial charge in [0.25, 0.3) is 0 Å². The molecule has 70 valence electrons. The summed E-state index contributed by atoms with van der Waals surface area (Å²) in [5.41, 5.74) is 3.17. The molecule has 1 aromatic carbocycles. The van der Waals surface area contributed by atoms with Gasteiger partial charge in [0.15, 0.2) is 0 Å². The summed E-state index contributed by atoms with van der Waals surface area (Å²) >= 11 is 2.24. The molecular weight excluding hydrogens is 279 g/mol. The van der Waals surface area contributed by atoms with Gasteiger partial charge in [0.1, 0.15) is 0 Å². The van der Waals surface area contributed by atoms with E-state index < -0.39 is 5.97 Å². The first-order chi connectivity index (χ1) is 6.13. The number of hydrogen-bond acceptors (Lipinski definition) is 1. The average Bonchev–Trinajstić information content (AvgIpc) is 2.03. The number of rotatable bonds is 3. The Hall–Kier alpha value is -0.580. The maximum absolute atomic E-state index is 10.5. The molecule has 1 rings (SSSR count). The van der Waals surface area contributed by atoms with E-state index in [2.05, 4.69) is 22.6 Å². The van der Waals surface area contributed by atoms with Gasteiger partial charge in [-0.15, -0.1) is 0 Å². The molecule has 0 saturated heterocycles. The van der Waals surface area contributed by atoms with E-state index in [0.29, 0.717) is 0 Å². The van der Waals surface area contributed by atoms with Crippen LogP contribution in [0.1, 0.15) is 16.7 Å². The van der Waals surface area contributed by atoms with Gasteiger partial charge < -0.3 is 5.11 Å². The molecule has 0 fully saturated rings. The van der Waals surface area contributed by atoms with E-state index in [9.17, 15) is 4.79 Å². The van der Waals surface area contributed by atoms with Gasteiger partial charge in [0.05, 0.1) is 6.42 Å². The van der Waals surface area contributed by atoms with Gasteiger partial charge in [-0.1, -0.05) is 46.4 Å². The highest BCUT2D eigenvalue weighted by Gasteiger charge is 2.05. The minimum Gasteiger partial charge on any atom is -0.481 e. The summed E-state index contributed by atoms with van der Waals surface area (Å²) < 4.78 is 0.862. The molecule has 1 aromatic rings. The summed E-state index contributed by atoms with van der Waals surface area (Å²) in [5, 5.41) is 8.68. The van der Waals surface area contributed by atoms with E-state index in [4.69, 9.17) is 5.11 Å². The summed E-state index contributed by atoms with van der Waals surface area (Å²) in [4.78, 5) is 10.5. The highest BCUT2D eigenvalue weighted by atomic mass is 127. The number of aryl methyl sites for hydroxylation is 1. The van der Waals surface area contributed by atoms with Crippen molar-refractivity contribution in [1.82, 2.24) is 0 Å².